The van der Waals surface area contributed by atoms with E-state index in [1.54, 1.807) is 16.2 Å². The number of rotatable bonds is 8. The van der Waals surface area contributed by atoms with Crippen LogP contribution in [0.25, 0.3) is 0 Å². The number of fused-ring (bicyclic) bond motifs is 1. The molecule has 0 bridgehead atoms. The molecule has 1 aliphatic rings. The summed E-state index contributed by atoms with van der Waals surface area (Å²) in [5, 5.41) is 2.08. The van der Waals surface area contributed by atoms with Crippen LogP contribution in [0.3, 0.4) is 0 Å². The zero-order valence-corrected chi connectivity index (χ0v) is 18.3. The largest absolute Gasteiger partial charge is 0.491 e. The molecule has 0 fully saturated rings. The van der Waals surface area contributed by atoms with Crippen molar-refractivity contribution in [1.82, 2.24) is 9.80 Å². The van der Waals surface area contributed by atoms with Crippen molar-refractivity contribution in [3.05, 3.63) is 51.7 Å². The summed E-state index contributed by atoms with van der Waals surface area (Å²) in [4.78, 5) is 30.3. The molecule has 2 heterocycles. The number of thiophene rings is 1. The Bertz CT molecular complexity index is 831. The fourth-order valence-electron chi connectivity index (χ4n) is 3.72. The maximum atomic E-state index is 13.2. The molecule has 0 saturated carbocycles. The molecule has 0 N–H and O–H groups in total. The van der Waals surface area contributed by atoms with Gasteiger partial charge in [0.25, 0.3) is 0 Å². The second kappa shape index (κ2) is 9.92. The molecule has 1 aliphatic heterocycles. The van der Waals surface area contributed by atoms with Gasteiger partial charge in [0.15, 0.2) is 0 Å². The van der Waals surface area contributed by atoms with Gasteiger partial charge in [-0.25, -0.2) is 0 Å². The number of carbonyl (C=O) groups is 2. The summed E-state index contributed by atoms with van der Waals surface area (Å²) in [5.74, 6) is 0.828. The molecular weight excluding hydrogens is 384 g/mol. The molecule has 29 heavy (non-hydrogen) atoms. The lowest BCUT2D eigenvalue weighted by Gasteiger charge is -2.37. The second-order valence-corrected chi connectivity index (χ2v) is 8.45. The fraction of sp³-hybridized carbons (Fsp3) is 0.478. The van der Waals surface area contributed by atoms with Gasteiger partial charge in [-0.15, -0.1) is 11.3 Å². The van der Waals surface area contributed by atoms with Gasteiger partial charge in [0, 0.05) is 24.4 Å². The van der Waals surface area contributed by atoms with Gasteiger partial charge >= 0.3 is 0 Å². The van der Waals surface area contributed by atoms with Crippen molar-refractivity contribution in [2.45, 2.75) is 46.1 Å². The lowest BCUT2D eigenvalue weighted by Crippen LogP contribution is -2.47. The van der Waals surface area contributed by atoms with E-state index < -0.39 is 0 Å². The Balaban J connectivity index is 1.75. The minimum absolute atomic E-state index is 0.00499. The summed E-state index contributed by atoms with van der Waals surface area (Å²) in [5.41, 5.74) is 2.36. The Labute approximate surface area is 177 Å². The summed E-state index contributed by atoms with van der Waals surface area (Å²) in [6, 6.07) is 9.94. The minimum atomic E-state index is -0.126. The third-order valence-electron chi connectivity index (χ3n) is 5.32. The molecule has 0 spiro atoms. The van der Waals surface area contributed by atoms with Gasteiger partial charge in [0.2, 0.25) is 11.8 Å². The van der Waals surface area contributed by atoms with Crippen LogP contribution in [0.1, 0.15) is 48.7 Å². The van der Waals surface area contributed by atoms with Gasteiger partial charge in [-0.3, -0.25) is 9.59 Å². The lowest BCUT2D eigenvalue weighted by molar-refractivity contribution is -0.142. The third kappa shape index (κ3) is 5.18. The maximum absolute atomic E-state index is 13.2. The number of carbonyl (C=O) groups excluding carboxylic acids is 2. The van der Waals surface area contributed by atoms with E-state index in [-0.39, 0.29) is 24.4 Å². The molecule has 0 saturated heterocycles. The van der Waals surface area contributed by atoms with Crippen LogP contribution in [0.15, 0.2) is 35.7 Å². The van der Waals surface area contributed by atoms with E-state index in [0.717, 1.165) is 18.6 Å². The highest BCUT2D eigenvalue weighted by atomic mass is 32.1. The first-order chi connectivity index (χ1) is 14.0. The predicted molar refractivity (Wildman–Crippen MR) is 116 cm³/mol. The number of hydrogen-bond donors (Lipinski definition) is 0. The van der Waals surface area contributed by atoms with Crippen molar-refractivity contribution in [2.75, 3.05) is 26.2 Å². The van der Waals surface area contributed by atoms with Crippen LogP contribution in [0.5, 0.6) is 5.75 Å². The van der Waals surface area contributed by atoms with E-state index in [0.29, 0.717) is 26.1 Å². The van der Waals surface area contributed by atoms with Crippen LogP contribution < -0.4 is 4.74 Å². The molecule has 1 atom stereocenters. The SMILES string of the molecule is CCCN(CC(=O)N1CCc2sccc2[C@H]1COc1ccc(C)cc1)C(=O)CC. The highest BCUT2D eigenvalue weighted by Gasteiger charge is 2.33. The summed E-state index contributed by atoms with van der Waals surface area (Å²) < 4.78 is 6.06. The Morgan fingerprint density at radius 2 is 1.97 bits per heavy atom. The van der Waals surface area contributed by atoms with Gasteiger partial charge in [-0.1, -0.05) is 31.5 Å². The third-order valence-corrected chi connectivity index (χ3v) is 6.32. The molecule has 156 valence electrons. The first kappa shape index (κ1) is 21.4. The molecule has 1 aromatic carbocycles. The van der Waals surface area contributed by atoms with Crippen molar-refractivity contribution >= 4 is 23.2 Å². The highest BCUT2D eigenvalue weighted by Crippen LogP contribution is 2.34. The Morgan fingerprint density at radius 1 is 1.21 bits per heavy atom. The molecule has 2 amide bonds. The topological polar surface area (TPSA) is 49.9 Å². The van der Waals surface area contributed by atoms with Crippen molar-refractivity contribution in [2.24, 2.45) is 0 Å². The highest BCUT2D eigenvalue weighted by molar-refractivity contribution is 7.10. The molecule has 1 aromatic heterocycles. The maximum Gasteiger partial charge on any atom is 0.242 e. The quantitative estimate of drug-likeness (QED) is 0.650. The Hall–Kier alpha value is -2.34. The smallest absolute Gasteiger partial charge is 0.242 e. The van der Waals surface area contributed by atoms with Crippen LogP contribution in [0.4, 0.5) is 0 Å². The van der Waals surface area contributed by atoms with Crippen molar-refractivity contribution in [3.8, 4) is 5.75 Å². The standard InChI is InChI=1S/C23H30N2O3S/c1-4-12-24(22(26)5-2)15-23(27)25-13-10-21-19(11-14-29-21)20(25)16-28-18-8-6-17(3)7-9-18/h6-9,11,14,20H,4-5,10,12-13,15-16H2,1-3H3/t20-/m1/s1. The van der Waals surface area contributed by atoms with Crippen LogP contribution in [0.2, 0.25) is 0 Å². The molecule has 6 heteroatoms. The second-order valence-electron chi connectivity index (χ2n) is 7.44. The molecular formula is C23H30N2O3S. The van der Waals surface area contributed by atoms with Gasteiger partial charge in [0.05, 0.1) is 12.6 Å². The van der Waals surface area contributed by atoms with Crippen LogP contribution in [0, 0.1) is 6.92 Å². The number of hydrogen-bond acceptors (Lipinski definition) is 4. The fourth-order valence-corrected chi connectivity index (χ4v) is 4.65. The van der Waals surface area contributed by atoms with Crippen molar-refractivity contribution in [1.29, 1.82) is 0 Å². The molecule has 2 aromatic rings. The van der Waals surface area contributed by atoms with Crippen molar-refractivity contribution in [3.63, 3.8) is 0 Å². The van der Waals surface area contributed by atoms with E-state index >= 15 is 0 Å². The van der Waals surface area contributed by atoms with Gasteiger partial charge in [-0.05, 0) is 48.9 Å². The number of amides is 2. The van der Waals surface area contributed by atoms with E-state index in [1.165, 1.54) is 16.0 Å². The number of benzene rings is 1. The van der Waals surface area contributed by atoms with E-state index in [4.69, 9.17) is 4.74 Å². The Morgan fingerprint density at radius 3 is 2.66 bits per heavy atom. The first-order valence-corrected chi connectivity index (χ1v) is 11.2. The van der Waals surface area contributed by atoms with E-state index in [9.17, 15) is 9.59 Å². The van der Waals surface area contributed by atoms with Crippen LogP contribution in [-0.2, 0) is 16.0 Å². The van der Waals surface area contributed by atoms with E-state index in [2.05, 4.69) is 11.4 Å². The van der Waals surface area contributed by atoms with Gasteiger partial charge in [0.1, 0.15) is 12.4 Å². The van der Waals surface area contributed by atoms with E-state index in [1.807, 2.05) is 49.9 Å². The average Bonchev–Trinajstić information content (AvgIpc) is 3.21. The molecule has 3 rings (SSSR count). The number of nitrogens with zero attached hydrogens (tertiary/aromatic N) is 2. The molecule has 0 unspecified atom stereocenters. The zero-order chi connectivity index (χ0) is 20.8. The van der Waals surface area contributed by atoms with Crippen LogP contribution >= 0.6 is 11.3 Å². The Kier molecular flexibility index (Phi) is 7.31. The summed E-state index contributed by atoms with van der Waals surface area (Å²) in [6.07, 6.45) is 2.12. The molecule has 0 aliphatic carbocycles. The summed E-state index contributed by atoms with van der Waals surface area (Å²) in [6.45, 7) is 7.73. The monoisotopic (exact) mass is 414 g/mol. The minimum Gasteiger partial charge on any atom is -0.491 e. The predicted octanol–water partition coefficient (Wildman–Crippen LogP) is 4.21. The summed E-state index contributed by atoms with van der Waals surface area (Å²) in [7, 11) is 0. The normalized spacial score (nSPS) is 15.7. The molecule has 5 nitrogen and oxygen atoms in total. The first-order valence-electron chi connectivity index (χ1n) is 10.4. The number of ether oxygens (including phenoxy) is 1. The number of aryl methyl sites for hydroxylation is 1. The van der Waals surface area contributed by atoms with Crippen molar-refractivity contribution < 1.29 is 14.3 Å². The lowest BCUT2D eigenvalue weighted by atomic mass is 10.0. The van der Waals surface area contributed by atoms with Gasteiger partial charge < -0.3 is 14.5 Å². The van der Waals surface area contributed by atoms with Gasteiger partial charge in [-0.2, -0.15) is 0 Å². The summed E-state index contributed by atoms with van der Waals surface area (Å²) >= 11 is 1.74. The molecule has 0 radical (unpaired) electrons. The van der Waals surface area contributed by atoms with Crippen LogP contribution in [-0.4, -0.2) is 47.9 Å². The zero-order valence-electron chi connectivity index (χ0n) is 17.5. The average molecular weight is 415 g/mol.